The van der Waals surface area contributed by atoms with Gasteiger partial charge in [0.15, 0.2) is 0 Å². The van der Waals surface area contributed by atoms with Crippen LogP contribution in [0.2, 0.25) is 0 Å². The topological polar surface area (TPSA) is 113 Å². The zero-order valence-electron chi connectivity index (χ0n) is 16.9. The zero-order chi connectivity index (χ0) is 21.4. The molecule has 5 rings (SSSR count). The van der Waals surface area contributed by atoms with Crippen molar-refractivity contribution >= 4 is 23.4 Å². The highest BCUT2D eigenvalue weighted by Gasteiger charge is 2.39. The largest absolute Gasteiger partial charge is 0.472 e. The first-order chi connectivity index (χ1) is 15.1. The Labute approximate surface area is 179 Å². The maximum Gasteiger partial charge on any atom is 0.255 e. The van der Waals surface area contributed by atoms with Gasteiger partial charge in [-0.1, -0.05) is 12.1 Å². The van der Waals surface area contributed by atoms with Crippen LogP contribution in [0.3, 0.4) is 0 Å². The number of carbonyl (C=O) groups excluding carboxylic acids is 3. The molecule has 0 bridgehead atoms. The second-order valence-corrected chi connectivity index (χ2v) is 7.98. The molecule has 9 heteroatoms. The van der Waals surface area contributed by atoms with Crippen molar-refractivity contribution in [1.29, 1.82) is 0 Å². The number of carbonyl (C=O) groups is 3. The van der Waals surface area contributed by atoms with Crippen molar-refractivity contribution in [2.24, 2.45) is 0 Å². The Morgan fingerprint density at radius 3 is 2.84 bits per heavy atom. The number of aromatic nitrogens is 1. The van der Waals surface area contributed by atoms with E-state index in [2.05, 4.69) is 20.9 Å². The molecule has 0 radical (unpaired) electrons. The monoisotopic (exact) mass is 421 g/mol. The lowest BCUT2D eigenvalue weighted by atomic mass is 10.0. The minimum atomic E-state index is -0.612. The molecular formula is C22H23N5O4. The quantitative estimate of drug-likeness (QED) is 0.592. The minimum absolute atomic E-state index is 0.157. The fraction of sp³-hybridized carbons (Fsp3) is 0.364. The van der Waals surface area contributed by atoms with Gasteiger partial charge in [0.1, 0.15) is 12.1 Å². The van der Waals surface area contributed by atoms with Gasteiger partial charge in [0.05, 0.1) is 0 Å². The van der Waals surface area contributed by atoms with Crippen molar-refractivity contribution in [1.82, 2.24) is 20.5 Å². The Hall–Kier alpha value is -3.46. The Balaban J connectivity index is 1.29. The van der Waals surface area contributed by atoms with Gasteiger partial charge in [-0.2, -0.15) is 0 Å². The molecule has 2 saturated heterocycles. The van der Waals surface area contributed by atoms with Gasteiger partial charge in [0, 0.05) is 56.1 Å². The number of nitrogens with one attached hydrogen (secondary N) is 3. The summed E-state index contributed by atoms with van der Waals surface area (Å²) in [6, 6.07) is 8.74. The summed E-state index contributed by atoms with van der Waals surface area (Å²) >= 11 is 0. The Kier molecular flexibility index (Phi) is 5.03. The molecule has 3 aliphatic rings. The second kappa shape index (κ2) is 7.99. The molecule has 3 N–H and O–H groups in total. The first-order valence-electron chi connectivity index (χ1n) is 10.4. The van der Waals surface area contributed by atoms with E-state index in [0.29, 0.717) is 31.0 Å². The number of anilines is 1. The molecule has 31 heavy (non-hydrogen) atoms. The number of pyridine rings is 1. The van der Waals surface area contributed by atoms with Crippen molar-refractivity contribution in [3.05, 3.63) is 53.2 Å². The van der Waals surface area contributed by atoms with E-state index in [1.165, 1.54) is 0 Å². The molecule has 3 aliphatic heterocycles. The van der Waals surface area contributed by atoms with E-state index in [-0.39, 0.29) is 24.3 Å². The van der Waals surface area contributed by atoms with Gasteiger partial charge in [-0.15, -0.1) is 0 Å². The van der Waals surface area contributed by atoms with E-state index in [0.717, 1.165) is 29.9 Å². The van der Waals surface area contributed by atoms with E-state index in [1.807, 2.05) is 24.3 Å². The lowest BCUT2D eigenvalue weighted by Gasteiger charge is -2.29. The summed E-state index contributed by atoms with van der Waals surface area (Å²) in [7, 11) is 0. The van der Waals surface area contributed by atoms with Crippen LogP contribution >= 0.6 is 0 Å². The van der Waals surface area contributed by atoms with Crippen LogP contribution in [0.25, 0.3) is 0 Å². The molecule has 0 aliphatic carbocycles. The number of nitrogens with zero attached hydrogens (tertiary/aromatic N) is 2. The highest BCUT2D eigenvalue weighted by Crippen LogP contribution is 2.30. The highest BCUT2D eigenvalue weighted by atomic mass is 16.5. The lowest BCUT2D eigenvalue weighted by Crippen LogP contribution is -2.52. The number of piperidine rings is 1. The van der Waals surface area contributed by atoms with Gasteiger partial charge in [-0.05, 0) is 29.7 Å². The second-order valence-electron chi connectivity index (χ2n) is 7.98. The normalized spacial score (nSPS) is 20.8. The zero-order valence-corrected chi connectivity index (χ0v) is 16.9. The summed E-state index contributed by atoms with van der Waals surface area (Å²) in [5, 5.41) is 8.87. The van der Waals surface area contributed by atoms with Gasteiger partial charge in [0.2, 0.25) is 17.7 Å². The number of imide groups is 1. The van der Waals surface area contributed by atoms with Crippen LogP contribution < -0.4 is 20.7 Å². The average Bonchev–Trinajstić information content (AvgIpc) is 3.07. The summed E-state index contributed by atoms with van der Waals surface area (Å²) in [6.07, 6.45) is 2.46. The Morgan fingerprint density at radius 2 is 2.06 bits per heavy atom. The molecule has 2 aromatic rings. The summed E-state index contributed by atoms with van der Waals surface area (Å²) < 4.78 is 5.80. The third-order valence-corrected chi connectivity index (χ3v) is 5.93. The van der Waals surface area contributed by atoms with E-state index in [9.17, 15) is 14.4 Å². The highest BCUT2D eigenvalue weighted by molar-refractivity contribution is 6.05. The summed E-state index contributed by atoms with van der Waals surface area (Å²) in [6.45, 7) is 2.53. The molecule has 160 valence electrons. The molecule has 1 aromatic heterocycles. The number of ether oxygens (including phenoxy) is 1. The minimum Gasteiger partial charge on any atom is -0.472 e. The van der Waals surface area contributed by atoms with Crippen LogP contribution in [-0.4, -0.2) is 52.8 Å². The number of hydrogen-bond donors (Lipinski definition) is 3. The smallest absolute Gasteiger partial charge is 0.255 e. The molecule has 1 atom stereocenters. The summed E-state index contributed by atoms with van der Waals surface area (Å²) in [5.41, 5.74) is 3.39. The van der Waals surface area contributed by atoms with Crippen molar-refractivity contribution in [3.63, 3.8) is 0 Å². The third kappa shape index (κ3) is 3.84. The van der Waals surface area contributed by atoms with E-state index in [4.69, 9.17) is 4.74 Å². The van der Waals surface area contributed by atoms with Gasteiger partial charge < -0.3 is 20.3 Å². The van der Waals surface area contributed by atoms with Crippen molar-refractivity contribution < 1.29 is 19.1 Å². The number of amides is 3. The predicted octanol–water partition coefficient (Wildman–Crippen LogP) is 0.805. The maximum atomic E-state index is 12.9. The molecule has 3 amide bonds. The van der Waals surface area contributed by atoms with Crippen LogP contribution in [0, 0.1) is 0 Å². The van der Waals surface area contributed by atoms with Gasteiger partial charge in [0.25, 0.3) is 5.91 Å². The van der Waals surface area contributed by atoms with E-state index < -0.39 is 11.9 Å². The molecule has 0 saturated carbocycles. The molecule has 9 nitrogen and oxygen atoms in total. The van der Waals surface area contributed by atoms with Crippen molar-refractivity contribution in [2.45, 2.75) is 38.1 Å². The summed E-state index contributed by atoms with van der Waals surface area (Å²) in [4.78, 5) is 42.5. The standard InChI is InChI=1S/C22H23N5O4/c28-19-5-4-18(21(29)26-19)27-12-17-13(2-1-3-16(17)22(27)30)9-25-14-6-7-24-20(8-14)31-15-10-23-11-15/h1-3,6-8,15,18,23H,4-5,9-12H2,(H,24,25)(H,26,28,29). The maximum absolute atomic E-state index is 12.9. The Bertz CT molecular complexity index is 1050. The van der Waals surface area contributed by atoms with Gasteiger partial charge in [-0.25, -0.2) is 4.98 Å². The van der Waals surface area contributed by atoms with Crippen LogP contribution in [-0.2, 0) is 22.7 Å². The Morgan fingerprint density at radius 1 is 1.19 bits per heavy atom. The number of rotatable bonds is 6. The molecule has 4 heterocycles. The molecule has 2 fully saturated rings. The van der Waals surface area contributed by atoms with E-state index >= 15 is 0 Å². The molecular weight excluding hydrogens is 398 g/mol. The van der Waals surface area contributed by atoms with Crippen LogP contribution in [0.15, 0.2) is 36.5 Å². The van der Waals surface area contributed by atoms with Crippen molar-refractivity contribution in [2.75, 3.05) is 18.4 Å². The fourth-order valence-electron chi connectivity index (χ4n) is 4.11. The fourth-order valence-corrected chi connectivity index (χ4v) is 4.11. The number of hydrogen-bond acceptors (Lipinski definition) is 7. The summed E-state index contributed by atoms with van der Waals surface area (Å²) in [5.74, 6) is -0.276. The van der Waals surface area contributed by atoms with Gasteiger partial charge >= 0.3 is 0 Å². The molecule has 1 unspecified atom stereocenters. The third-order valence-electron chi connectivity index (χ3n) is 5.93. The lowest BCUT2D eigenvalue weighted by molar-refractivity contribution is -0.136. The first kappa shape index (κ1) is 19.5. The number of fused-ring (bicyclic) bond motifs is 1. The van der Waals surface area contributed by atoms with Gasteiger partial charge in [-0.3, -0.25) is 19.7 Å². The van der Waals surface area contributed by atoms with Crippen LogP contribution in [0.5, 0.6) is 5.88 Å². The van der Waals surface area contributed by atoms with Crippen LogP contribution in [0.1, 0.15) is 34.3 Å². The van der Waals surface area contributed by atoms with E-state index in [1.54, 1.807) is 17.2 Å². The first-order valence-corrected chi connectivity index (χ1v) is 10.4. The van der Waals surface area contributed by atoms with Crippen LogP contribution in [0.4, 0.5) is 5.69 Å². The molecule has 0 spiro atoms. The average molecular weight is 421 g/mol. The SMILES string of the molecule is O=C1CCC(N2Cc3c(CNc4ccnc(OC5CNC5)c4)cccc3C2=O)C(=O)N1. The van der Waals surface area contributed by atoms with Crippen molar-refractivity contribution in [3.8, 4) is 5.88 Å². The predicted molar refractivity (Wildman–Crippen MR) is 111 cm³/mol. The number of benzene rings is 1. The molecule has 1 aromatic carbocycles.